The summed E-state index contributed by atoms with van der Waals surface area (Å²) in [6, 6.07) is 10.3. The van der Waals surface area contributed by atoms with Crippen molar-refractivity contribution in [2.75, 3.05) is 0 Å². The van der Waals surface area contributed by atoms with Crippen LogP contribution >= 0.6 is 11.6 Å². The van der Waals surface area contributed by atoms with Gasteiger partial charge in [-0.05, 0) is 43.5 Å². The number of aliphatic hydroxyl groups excluding tert-OH is 1. The molecule has 4 N–H and O–H groups in total. The first-order valence-electron chi connectivity index (χ1n) is 8.12. The highest BCUT2D eigenvalue weighted by molar-refractivity contribution is 6.30. The van der Waals surface area contributed by atoms with Crippen molar-refractivity contribution < 1.29 is 24.4 Å². The molecule has 3 rings (SSSR count). The minimum Gasteiger partial charge on any atom is -0.405 e. The van der Waals surface area contributed by atoms with Gasteiger partial charge in [-0.1, -0.05) is 23.7 Å². The van der Waals surface area contributed by atoms with Crippen LogP contribution < -0.4 is 20.4 Å². The number of aromatic nitrogens is 1. The highest BCUT2D eigenvalue weighted by Gasteiger charge is 2.47. The van der Waals surface area contributed by atoms with E-state index in [-0.39, 0.29) is 0 Å². The number of hydrogen-bond acceptors (Lipinski definition) is 4. The predicted octanol–water partition coefficient (Wildman–Crippen LogP) is 1.84. The lowest BCUT2D eigenvalue weighted by Gasteiger charge is -2.26. The molecule has 1 fully saturated rings. The number of amides is 3. The molecule has 1 aromatic carbocycles. The number of aromatic amines is 1. The van der Waals surface area contributed by atoms with Crippen molar-refractivity contribution in [1.29, 1.82) is 0 Å². The average Bonchev–Trinajstić information content (AvgIpc) is 2.89. The van der Waals surface area contributed by atoms with Crippen molar-refractivity contribution in [2.45, 2.75) is 31.4 Å². The van der Waals surface area contributed by atoms with Crippen LogP contribution in [0, 0.1) is 0 Å². The molecule has 7 nitrogen and oxygen atoms in total. The van der Waals surface area contributed by atoms with Crippen molar-refractivity contribution in [1.82, 2.24) is 10.6 Å². The molecular weight excluding hydrogens is 358 g/mol. The van der Waals surface area contributed by atoms with Gasteiger partial charge in [-0.2, -0.15) is 4.98 Å². The molecular formula is C18H19ClN3O4+. The van der Waals surface area contributed by atoms with Gasteiger partial charge in [-0.15, -0.1) is 0 Å². The van der Waals surface area contributed by atoms with Crippen LogP contribution in [0.25, 0.3) is 0 Å². The number of benzene rings is 1. The highest BCUT2D eigenvalue weighted by atomic mass is 35.5. The SMILES string of the molecule is CC1(C(O)CCc2ccc(Oc3ccc(Cl)c[nH+]3)cc2)NC(=O)NC1=O. The largest absolute Gasteiger partial charge is 0.405 e. The van der Waals surface area contributed by atoms with Gasteiger partial charge < -0.3 is 15.2 Å². The maximum absolute atomic E-state index is 11.8. The summed E-state index contributed by atoms with van der Waals surface area (Å²) in [5, 5.41) is 15.5. The summed E-state index contributed by atoms with van der Waals surface area (Å²) in [7, 11) is 0. The third-order valence-electron chi connectivity index (χ3n) is 4.34. The number of pyridine rings is 1. The number of aliphatic hydroxyl groups is 1. The number of hydrogen-bond donors (Lipinski definition) is 3. The molecule has 1 aliphatic rings. The standard InChI is InChI=1S/C18H18ClN3O4/c1-18(16(24)21-17(25)22-18)14(23)8-4-11-2-6-13(7-3-11)26-15-9-5-12(19)10-20-15/h2-3,5-7,9-10,14,23H,4,8H2,1H3,(H2,21,22,24,25)/p+1. The molecule has 3 amide bonds. The zero-order valence-corrected chi connectivity index (χ0v) is 14.8. The normalized spacial score (nSPS) is 20.4. The lowest BCUT2D eigenvalue weighted by atomic mass is 9.90. The van der Waals surface area contributed by atoms with Crippen molar-refractivity contribution in [3.63, 3.8) is 0 Å². The lowest BCUT2D eigenvalue weighted by molar-refractivity contribution is -0.390. The van der Waals surface area contributed by atoms with Gasteiger partial charge in [0.05, 0.1) is 12.2 Å². The third-order valence-corrected chi connectivity index (χ3v) is 4.58. The predicted molar refractivity (Wildman–Crippen MR) is 93.9 cm³/mol. The molecule has 136 valence electrons. The Morgan fingerprint density at radius 1 is 1.23 bits per heavy atom. The molecule has 0 aliphatic carbocycles. The van der Waals surface area contributed by atoms with Crippen LogP contribution in [-0.2, 0) is 11.2 Å². The number of H-pyrrole nitrogens is 1. The average molecular weight is 377 g/mol. The molecule has 0 bridgehead atoms. The fourth-order valence-corrected chi connectivity index (χ4v) is 2.81. The summed E-state index contributed by atoms with van der Waals surface area (Å²) in [4.78, 5) is 26.0. The Hall–Kier alpha value is -2.64. The second kappa shape index (κ2) is 7.31. The number of urea groups is 1. The summed E-state index contributed by atoms with van der Waals surface area (Å²) in [6.45, 7) is 1.51. The van der Waals surface area contributed by atoms with Crippen molar-refractivity contribution in [3.8, 4) is 11.6 Å². The fourth-order valence-electron chi connectivity index (χ4n) is 2.69. The lowest BCUT2D eigenvalue weighted by Crippen LogP contribution is -2.53. The topological polar surface area (TPSA) is 102 Å². The molecule has 2 heterocycles. The van der Waals surface area contributed by atoms with E-state index < -0.39 is 23.6 Å². The number of nitrogens with one attached hydrogen (secondary N) is 3. The van der Waals surface area contributed by atoms with E-state index in [0.717, 1.165) is 5.56 Å². The summed E-state index contributed by atoms with van der Waals surface area (Å²) in [5.74, 6) is 0.703. The first-order valence-corrected chi connectivity index (χ1v) is 8.50. The van der Waals surface area contributed by atoms with Crippen LogP contribution in [0.1, 0.15) is 18.9 Å². The number of rotatable bonds is 6. The molecule has 0 radical (unpaired) electrons. The van der Waals surface area contributed by atoms with Gasteiger partial charge in [0.25, 0.3) is 5.91 Å². The molecule has 0 saturated carbocycles. The number of imide groups is 1. The van der Waals surface area contributed by atoms with Crippen LogP contribution in [0.15, 0.2) is 42.6 Å². The smallest absolute Gasteiger partial charge is 0.371 e. The molecule has 2 atom stereocenters. The highest BCUT2D eigenvalue weighted by Crippen LogP contribution is 2.22. The van der Waals surface area contributed by atoms with Crippen molar-refractivity contribution >= 4 is 23.5 Å². The van der Waals surface area contributed by atoms with Gasteiger partial charge in [0.1, 0.15) is 16.3 Å². The molecule has 1 saturated heterocycles. The van der Waals surface area contributed by atoms with E-state index in [2.05, 4.69) is 15.6 Å². The van der Waals surface area contributed by atoms with Crippen LogP contribution in [0.4, 0.5) is 4.79 Å². The number of ether oxygens (including phenoxy) is 1. The molecule has 1 aliphatic heterocycles. The Morgan fingerprint density at radius 2 is 1.96 bits per heavy atom. The summed E-state index contributed by atoms with van der Waals surface area (Å²) < 4.78 is 5.67. The van der Waals surface area contributed by atoms with Gasteiger partial charge in [-0.25, -0.2) is 4.79 Å². The van der Waals surface area contributed by atoms with Gasteiger partial charge in [0.15, 0.2) is 6.20 Å². The summed E-state index contributed by atoms with van der Waals surface area (Å²) in [6.07, 6.45) is 1.52. The Labute approximate surface area is 155 Å². The maximum Gasteiger partial charge on any atom is 0.371 e. The summed E-state index contributed by atoms with van der Waals surface area (Å²) in [5.41, 5.74) is -0.324. The van der Waals surface area contributed by atoms with E-state index in [1.807, 2.05) is 24.3 Å². The number of carbonyl (C=O) groups excluding carboxylic acids is 2. The minimum atomic E-state index is -1.30. The third kappa shape index (κ3) is 3.95. The van der Waals surface area contributed by atoms with Gasteiger partial charge in [0, 0.05) is 0 Å². The first kappa shape index (κ1) is 18.2. The van der Waals surface area contributed by atoms with Gasteiger partial charge >= 0.3 is 11.9 Å². The molecule has 0 spiro atoms. The maximum atomic E-state index is 11.8. The number of aryl methyl sites for hydroxylation is 1. The van der Waals surface area contributed by atoms with Crippen LogP contribution in [0.5, 0.6) is 11.6 Å². The van der Waals surface area contributed by atoms with Gasteiger partial charge in [0.2, 0.25) is 0 Å². The van der Waals surface area contributed by atoms with E-state index in [9.17, 15) is 14.7 Å². The quantitative estimate of drug-likeness (QED) is 0.669. The van der Waals surface area contributed by atoms with Crippen molar-refractivity contribution in [3.05, 3.63) is 53.2 Å². The van der Waals surface area contributed by atoms with E-state index in [1.165, 1.54) is 6.92 Å². The first-order chi connectivity index (χ1) is 12.4. The van der Waals surface area contributed by atoms with Crippen LogP contribution in [0.2, 0.25) is 5.02 Å². The Bertz CT molecular complexity index is 810. The second-order valence-corrected chi connectivity index (χ2v) is 6.72. The number of carbonyl (C=O) groups is 2. The zero-order valence-electron chi connectivity index (χ0n) is 14.1. The molecule has 26 heavy (non-hydrogen) atoms. The minimum absolute atomic E-state index is 0.329. The Kier molecular flexibility index (Phi) is 5.11. The van der Waals surface area contributed by atoms with E-state index in [1.54, 1.807) is 18.3 Å². The van der Waals surface area contributed by atoms with Crippen LogP contribution in [0.3, 0.4) is 0 Å². The fraction of sp³-hybridized carbons (Fsp3) is 0.278. The monoisotopic (exact) mass is 376 g/mol. The van der Waals surface area contributed by atoms with E-state index >= 15 is 0 Å². The van der Waals surface area contributed by atoms with E-state index in [0.29, 0.717) is 29.5 Å². The van der Waals surface area contributed by atoms with Crippen molar-refractivity contribution in [2.24, 2.45) is 0 Å². The molecule has 8 heteroatoms. The van der Waals surface area contributed by atoms with E-state index in [4.69, 9.17) is 16.3 Å². The number of halogens is 1. The molecule has 2 unspecified atom stereocenters. The van der Waals surface area contributed by atoms with Crippen LogP contribution in [-0.4, -0.2) is 28.7 Å². The molecule has 1 aromatic heterocycles. The second-order valence-electron chi connectivity index (χ2n) is 6.28. The Balaban J connectivity index is 1.57. The summed E-state index contributed by atoms with van der Waals surface area (Å²) >= 11 is 5.81. The molecule has 2 aromatic rings. The zero-order chi connectivity index (χ0) is 18.7. The Morgan fingerprint density at radius 3 is 2.54 bits per heavy atom. The van der Waals surface area contributed by atoms with Gasteiger partial charge in [-0.3, -0.25) is 10.1 Å².